The van der Waals surface area contributed by atoms with E-state index in [9.17, 15) is 0 Å². The van der Waals surface area contributed by atoms with Gasteiger partial charge in [-0.3, -0.25) is 0 Å². The summed E-state index contributed by atoms with van der Waals surface area (Å²) in [4.78, 5) is 0. The summed E-state index contributed by atoms with van der Waals surface area (Å²) in [7, 11) is 0. The van der Waals surface area contributed by atoms with Gasteiger partial charge >= 0.3 is 0 Å². The fraction of sp³-hybridized carbons (Fsp3) is 0.800. The lowest BCUT2D eigenvalue weighted by atomic mass is 9.47. The molecule has 0 aromatic rings. The van der Waals surface area contributed by atoms with Gasteiger partial charge in [0.1, 0.15) is 0 Å². The maximum atomic E-state index is 2.60. The Labute approximate surface area is 126 Å². The zero-order valence-electron chi connectivity index (χ0n) is 14.6. The summed E-state index contributed by atoms with van der Waals surface area (Å²) in [5, 5.41) is 0. The lowest BCUT2D eigenvalue weighted by Crippen LogP contribution is -2.49. The molecule has 0 heteroatoms. The van der Waals surface area contributed by atoms with Gasteiger partial charge in [0.25, 0.3) is 0 Å². The minimum atomic E-state index is 0.476. The normalized spacial score (nSPS) is 42.1. The first-order chi connectivity index (χ1) is 9.34. The lowest BCUT2D eigenvalue weighted by molar-refractivity contribution is -0.0466. The van der Waals surface area contributed by atoms with Crippen LogP contribution < -0.4 is 0 Å². The molecule has 1 fully saturated rings. The molecule has 114 valence electrons. The van der Waals surface area contributed by atoms with E-state index in [1.54, 1.807) is 11.1 Å². The molecule has 0 heterocycles. The Morgan fingerprint density at radius 2 is 2.05 bits per heavy atom. The Morgan fingerprint density at radius 3 is 2.70 bits per heavy atom. The van der Waals surface area contributed by atoms with Crippen LogP contribution in [0.4, 0.5) is 0 Å². The van der Waals surface area contributed by atoms with Crippen molar-refractivity contribution < 1.29 is 0 Å². The molecule has 0 unspecified atom stereocenters. The average molecular weight is 274 g/mol. The fourth-order valence-electron chi connectivity index (χ4n) is 4.94. The van der Waals surface area contributed by atoms with E-state index in [0.717, 1.165) is 11.8 Å². The van der Waals surface area contributed by atoms with Crippen molar-refractivity contribution >= 4 is 0 Å². The number of hydrogen-bond acceptors (Lipinski definition) is 0. The van der Waals surface area contributed by atoms with Crippen LogP contribution in [0.3, 0.4) is 0 Å². The molecule has 0 amide bonds. The highest BCUT2D eigenvalue weighted by molar-refractivity contribution is 5.21. The summed E-state index contributed by atoms with van der Waals surface area (Å²) in [6.07, 6.45) is 13.0. The van der Waals surface area contributed by atoms with Crippen LogP contribution in [0.5, 0.6) is 0 Å². The quantitative estimate of drug-likeness (QED) is 0.513. The van der Waals surface area contributed by atoms with E-state index < -0.39 is 0 Å². The van der Waals surface area contributed by atoms with Gasteiger partial charge in [-0.05, 0) is 82.0 Å². The Hall–Kier alpha value is -0.520. The molecule has 2 aliphatic rings. The Kier molecular flexibility index (Phi) is 4.52. The van der Waals surface area contributed by atoms with Gasteiger partial charge in [-0.2, -0.15) is 0 Å². The molecule has 0 nitrogen and oxygen atoms in total. The van der Waals surface area contributed by atoms with Crippen LogP contribution in [0.15, 0.2) is 23.3 Å². The molecule has 1 saturated carbocycles. The Bertz CT molecular complexity index is 414. The van der Waals surface area contributed by atoms with E-state index in [1.807, 2.05) is 0 Å². The third kappa shape index (κ3) is 2.51. The Morgan fingerprint density at radius 1 is 1.35 bits per heavy atom. The first kappa shape index (κ1) is 15.9. The maximum Gasteiger partial charge on any atom is -0.00854 e. The van der Waals surface area contributed by atoms with E-state index in [1.165, 1.54) is 38.5 Å². The summed E-state index contributed by atoms with van der Waals surface area (Å²) in [5.74, 6) is 1.75. The van der Waals surface area contributed by atoms with Crippen molar-refractivity contribution in [1.82, 2.24) is 0 Å². The van der Waals surface area contributed by atoms with Crippen LogP contribution in [0.1, 0.15) is 80.1 Å². The smallest absolute Gasteiger partial charge is 0.00854 e. The van der Waals surface area contributed by atoms with Crippen molar-refractivity contribution in [3.8, 4) is 0 Å². The third-order valence-electron chi connectivity index (χ3n) is 7.15. The second-order valence-electron chi connectivity index (χ2n) is 8.02. The van der Waals surface area contributed by atoms with E-state index >= 15 is 0 Å². The minimum absolute atomic E-state index is 0.476. The van der Waals surface area contributed by atoms with Gasteiger partial charge in [0.2, 0.25) is 0 Å². The van der Waals surface area contributed by atoms with Crippen molar-refractivity contribution in [1.29, 1.82) is 0 Å². The van der Waals surface area contributed by atoms with Crippen LogP contribution in [0, 0.1) is 22.7 Å². The predicted octanol–water partition coefficient (Wildman–Crippen LogP) is 6.53. The van der Waals surface area contributed by atoms with Crippen LogP contribution >= 0.6 is 0 Å². The molecule has 0 N–H and O–H groups in total. The summed E-state index contributed by atoms with van der Waals surface area (Å²) in [6, 6.07) is 0. The molecule has 0 saturated heterocycles. The molecule has 0 spiro atoms. The van der Waals surface area contributed by atoms with E-state index in [-0.39, 0.29) is 0 Å². The molecule has 0 aromatic carbocycles. The third-order valence-corrected chi connectivity index (χ3v) is 7.15. The van der Waals surface area contributed by atoms with Crippen molar-refractivity contribution in [3.63, 3.8) is 0 Å². The summed E-state index contributed by atoms with van der Waals surface area (Å²) < 4.78 is 0. The van der Waals surface area contributed by atoms with Gasteiger partial charge in [-0.25, -0.2) is 0 Å². The van der Waals surface area contributed by atoms with Gasteiger partial charge in [-0.1, -0.05) is 44.1 Å². The minimum Gasteiger partial charge on any atom is -0.0887 e. The zero-order valence-corrected chi connectivity index (χ0v) is 14.6. The summed E-state index contributed by atoms with van der Waals surface area (Å²) >= 11 is 0. The van der Waals surface area contributed by atoms with Crippen LogP contribution in [0.25, 0.3) is 0 Å². The average Bonchev–Trinajstić information content (AvgIpc) is 2.43. The Balaban J connectivity index is 2.27. The second-order valence-corrected chi connectivity index (χ2v) is 8.02. The highest BCUT2D eigenvalue weighted by Crippen LogP contribution is 2.61. The van der Waals surface area contributed by atoms with Crippen molar-refractivity contribution in [2.24, 2.45) is 22.7 Å². The second kappa shape index (κ2) is 5.70. The molecule has 2 rings (SSSR count). The van der Waals surface area contributed by atoms with E-state index in [2.05, 4.69) is 53.7 Å². The molecular weight excluding hydrogens is 240 g/mol. The first-order valence-corrected chi connectivity index (χ1v) is 8.63. The van der Waals surface area contributed by atoms with Crippen molar-refractivity contribution in [2.45, 2.75) is 80.1 Å². The van der Waals surface area contributed by atoms with Gasteiger partial charge < -0.3 is 0 Å². The van der Waals surface area contributed by atoms with Crippen LogP contribution in [-0.4, -0.2) is 0 Å². The molecule has 0 radical (unpaired) electrons. The van der Waals surface area contributed by atoms with Crippen molar-refractivity contribution in [2.75, 3.05) is 0 Å². The SMILES string of the molecule is C/C=C(\C)CC[C@@]1(C)[C@H](C)CC[C@@]2(C)C(C)=CCC[C@H]12. The molecule has 20 heavy (non-hydrogen) atoms. The highest BCUT2D eigenvalue weighted by Gasteiger charge is 2.52. The lowest BCUT2D eigenvalue weighted by Gasteiger charge is -2.58. The molecule has 0 bridgehead atoms. The van der Waals surface area contributed by atoms with E-state index in [4.69, 9.17) is 0 Å². The topological polar surface area (TPSA) is 0 Å². The maximum absolute atomic E-state index is 2.60. The van der Waals surface area contributed by atoms with E-state index in [0.29, 0.717) is 10.8 Å². The van der Waals surface area contributed by atoms with Gasteiger partial charge in [0.15, 0.2) is 0 Å². The summed E-state index contributed by atoms with van der Waals surface area (Å²) in [5.41, 5.74) is 4.24. The number of allylic oxidation sites excluding steroid dienone is 4. The zero-order chi connectivity index (χ0) is 15.0. The first-order valence-electron chi connectivity index (χ1n) is 8.63. The largest absolute Gasteiger partial charge is 0.0887 e. The molecule has 0 aromatic heterocycles. The predicted molar refractivity (Wildman–Crippen MR) is 89.8 cm³/mol. The number of hydrogen-bond donors (Lipinski definition) is 0. The van der Waals surface area contributed by atoms with Gasteiger partial charge in [0.05, 0.1) is 0 Å². The molecule has 2 aliphatic carbocycles. The van der Waals surface area contributed by atoms with Crippen molar-refractivity contribution in [3.05, 3.63) is 23.3 Å². The van der Waals surface area contributed by atoms with Crippen LogP contribution in [0.2, 0.25) is 0 Å². The highest BCUT2D eigenvalue weighted by atomic mass is 14.6. The monoisotopic (exact) mass is 274 g/mol. The molecular formula is C20H34. The molecule has 4 atom stereocenters. The number of fused-ring (bicyclic) bond motifs is 1. The number of rotatable bonds is 3. The van der Waals surface area contributed by atoms with Gasteiger partial charge in [0, 0.05) is 0 Å². The van der Waals surface area contributed by atoms with Gasteiger partial charge in [-0.15, -0.1) is 0 Å². The summed E-state index contributed by atoms with van der Waals surface area (Å²) in [6.45, 7) is 14.5. The molecule has 0 aliphatic heterocycles. The fourth-order valence-corrected chi connectivity index (χ4v) is 4.94. The standard InChI is InChI=1S/C20H34/c1-7-15(2)11-13-19(5)17(4)12-14-20(6)16(3)9-8-10-18(19)20/h7,9,17-18H,8,10-14H2,1-6H3/b15-7+/t17-,18-,19+,20+/m1/s1. The van der Waals surface area contributed by atoms with Crippen LogP contribution in [-0.2, 0) is 0 Å².